The largest absolute Gasteiger partial charge is 0.381 e. The number of piperidine rings is 1. The van der Waals surface area contributed by atoms with Crippen molar-refractivity contribution < 1.29 is 9.53 Å². The number of nitrogens with zero attached hydrogens (tertiary/aromatic N) is 1. The summed E-state index contributed by atoms with van der Waals surface area (Å²) >= 11 is 0. The van der Waals surface area contributed by atoms with Gasteiger partial charge in [0.15, 0.2) is 0 Å². The first kappa shape index (κ1) is 15.4. The third-order valence-electron chi connectivity index (χ3n) is 3.83. The van der Waals surface area contributed by atoms with E-state index in [1.807, 2.05) is 4.90 Å². The van der Waals surface area contributed by atoms with Crippen LogP contribution in [0.15, 0.2) is 0 Å². The van der Waals surface area contributed by atoms with Crippen molar-refractivity contribution in [3.05, 3.63) is 0 Å². The van der Waals surface area contributed by atoms with Crippen molar-refractivity contribution in [2.75, 3.05) is 20.2 Å². The number of unbranched alkanes of at least 4 members (excludes halogenated alkanes) is 3. The molecule has 106 valence electrons. The Kier molecular flexibility index (Phi) is 7.28. The molecule has 1 fully saturated rings. The zero-order valence-electron chi connectivity index (χ0n) is 11.9. The van der Waals surface area contributed by atoms with Crippen molar-refractivity contribution in [3.8, 4) is 0 Å². The summed E-state index contributed by atoms with van der Waals surface area (Å²) in [6, 6.07) is 0.320. The van der Waals surface area contributed by atoms with Crippen LogP contribution in [0.4, 0.5) is 0 Å². The van der Waals surface area contributed by atoms with E-state index < -0.39 is 0 Å². The van der Waals surface area contributed by atoms with Crippen molar-refractivity contribution in [3.63, 3.8) is 0 Å². The standard InChI is InChI=1S/C14H28N2O2/c1-12-11-13(18-2)8-10-16(12)14(17)7-5-3-4-6-9-15/h12-13H,3-11,15H2,1-2H3. The highest BCUT2D eigenvalue weighted by Gasteiger charge is 2.27. The molecule has 2 N–H and O–H groups in total. The predicted octanol–water partition coefficient (Wildman–Crippen LogP) is 1.92. The first-order valence-electron chi connectivity index (χ1n) is 7.21. The van der Waals surface area contributed by atoms with E-state index in [-0.39, 0.29) is 0 Å². The molecule has 4 nitrogen and oxygen atoms in total. The second kappa shape index (κ2) is 8.48. The van der Waals surface area contributed by atoms with Crippen molar-refractivity contribution in [2.24, 2.45) is 5.73 Å². The fourth-order valence-electron chi connectivity index (χ4n) is 2.63. The van der Waals surface area contributed by atoms with Gasteiger partial charge in [-0.05, 0) is 39.2 Å². The van der Waals surface area contributed by atoms with Crippen LogP contribution in [0.25, 0.3) is 0 Å². The number of carbonyl (C=O) groups is 1. The fourth-order valence-corrected chi connectivity index (χ4v) is 2.63. The van der Waals surface area contributed by atoms with Gasteiger partial charge in [-0.1, -0.05) is 12.8 Å². The third kappa shape index (κ3) is 4.94. The minimum Gasteiger partial charge on any atom is -0.381 e. The minimum absolute atomic E-state index is 0.310. The molecule has 1 amide bonds. The molecule has 4 heteroatoms. The van der Waals surface area contributed by atoms with Gasteiger partial charge in [-0.2, -0.15) is 0 Å². The number of methoxy groups -OCH3 is 1. The number of nitrogens with two attached hydrogens (primary N) is 1. The van der Waals surface area contributed by atoms with E-state index in [1.165, 1.54) is 0 Å². The molecule has 1 saturated heterocycles. The molecule has 1 aliphatic rings. The molecular formula is C14H28N2O2. The van der Waals surface area contributed by atoms with E-state index >= 15 is 0 Å². The van der Waals surface area contributed by atoms with E-state index in [1.54, 1.807) is 7.11 Å². The van der Waals surface area contributed by atoms with Gasteiger partial charge in [-0.25, -0.2) is 0 Å². The smallest absolute Gasteiger partial charge is 0.222 e. The monoisotopic (exact) mass is 256 g/mol. The molecule has 0 saturated carbocycles. The van der Waals surface area contributed by atoms with Crippen LogP contribution in [0, 0.1) is 0 Å². The number of hydrogen-bond donors (Lipinski definition) is 1. The molecule has 0 aromatic rings. The Bertz CT molecular complexity index is 246. The van der Waals surface area contributed by atoms with Crippen LogP contribution < -0.4 is 5.73 Å². The summed E-state index contributed by atoms with van der Waals surface area (Å²) in [6.07, 6.45) is 7.28. The lowest BCUT2D eigenvalue weighted by molar-refractivity contribution is -0.136. The van der Waals surface area contributed by atoms with Gasteiger partial charge in [-0.3, -0.25) is 4.79 Å². The zero-order valence-corrected chi connectivity index (χ0v) is 11.9. The number of ether oxygens (including phenoxy) is 1. The summed E-state index contributed by atoms with van der Waals surface area (Å²) in [7, 11) is 1.76. The lowest BCUT2D eigenvalue weighted by atomic mass is 9.99. The Balaban J connectivity index is 2.21. The Hall–Kier alpha value is -0.610. The molecule has 2 unspecified atom stereocenters. The highest BCUT2D eigenvalue weighted by Crippen LogP contribution is 2.20. The van der Waals surface area contributed by atoms with Crippen molar-refractivity contribution in [1.82, 2.24) is 4.90 Å². The average molecular weight is 256 g/mol. The maximum Gasteiger partial charge on any atom is 0.222 e. The zero-order chi connectivity index (χ0) is 13.4. The highest BCUT2D eigenvalue weighted by atomic mass is 16.5. The predicted molar refractivity (Wildman–Crippen MR) is 73.3 cm³/mol. The summed E-state index contributed by atoms with van der Waals surface area (Å²) in [5.74, 6) is 0.310. The maximum atomic E-state index is 12.1. The summed E-state index contributed by atoms with van der Waals surface area (Å²) in [4.78, 5) is 14.1. The van der Waals surface area contributed by atoms with Gasteiger partial charge in [0.25, 0.3) is 0 Å². The Labute approximate surface area is 111 Å². The topological polar surface area (TPSA) is 55.6 Å². The second-order valence-electron chi connectivity index (χ2n) is 5.27. The molecule has 1 rings (SSSR count). The highest BCUT2D eigenvalue weighted by molar-refractivity contribution is 5.76. The molecule has 2 atom stereocenters. The van der Waals surface area contributed by atoms with E-state index in [4.69, 9.17) is 10.5 Å². The molecule has 0 spiro atoms. The summed E-state index contributed by atoms with van der Waals surface area (Å²) in [5, 5.41) is 0. The average Bonchev–Trinajstić information content (AvgIpc) is 2.38. The molecule has 0 radical (unpaired) electrons. The van der Waals surface area contributed by atoms with Crippen LogP contribution in [0.1, 0.15) is 51.9 Å². The van der Waals surface area contributed by atoms with Gasteiger partial charge >= 0.3 is 0 Å². The third-order valence-corrected chi connectivity index (χ3v) is 3.83. The number of rotatable bonds is 7. The number of likely N-dealkylation sites (tertiary alicyclic amines) is 1. The van der Waals surface area contributed by atoms with E-state index in [9.17, 15) is 4.79 Å². The summed E-state index contributed by atoms with van der Waals surface area (Å²) in [6.45, 7) is 3.73. The van der Waals surface area contributed by atoms with Crippen molar-refractivity contribution in [1.29, 1.82) is 0 Å². The fraction of sp³-hybridized carbons (Fsp3) is 0.929. The summed E-state index contributed by atoms with van der Waals surface area (Å²) < 4.78 is 5.37. The number of amides is 1. The summed E-state index contributed by atoms with van der Waals surface area (Å²) in [5.41, 5.74) is 5.44. The van der Waals surface area contributed by atoms with Gasteiger partial charge < -0.3 is 15.4 Å². The molecule has 0 bridgehead atoms. The van der Waals surface area contributed by atoms with Crippen LogP contribution in [-0.4, -0.2) is 43.2 Å². The Morgan fingerprint density at radius 2 is 2.06 bits per heavy atom. The number of hydrogen-bond acceptors (Lipinski definition) is 3. The Morgan fingerprint density at radius 3 is 2.67 bits per heavy atom. The van der Waals surface area contributed by atoms with Gasteiger partial charge in [0, 0.05) is 26.1 Å². The van der Waals surface area contributed by atoms with E-state index in [0.717, 1.165) is 51.6 Å². The SMILES string of the molecule is COC1CCN(C(=O)CCCCCCN)C(C)C1. The molecule has 1 aliphatic heterocycles. The molecule has 0 aliphatic carbocycles. The Morgan fingerprint density at radius 1 is 1.33 bits per heavy atom. The lowest BCUT2D eigenvalue weighted by Crippen LogP contribution is -2.46. The maximum absolute atomic E-state index is 12.1. The van der Waals surface area contributed by atoms with Crippen LogP contribution in [0.3, 0.4) is 0 Å². The van der Waals surface area contributed by atoms with E-state index in [0.29, 0.717) is 24.5 Å². The normalized spacial score (nSPS) is 24.3. The number of carbonyl (C=O) groups excluding carboxylic acids is 1. The van der Waals surface area contributed by atoms with Crippen LogP contribution >= 0.6 is 0 Å². The van der Waals surface area contributed by atoms with Crippen LogP contribution in [0.5, 0.6) is 0 Å². The first-order chi connectivity index (χ1) is 8.69. The second-order valence-corrected chi connectivity index (χ2v) is 5.27. The van der Waals surface area contributed by atoms with Crippen LogP contribution in [0.2, 0.25) is 0 Å². The van der Waals surface area contributed by atoms with Gasteiger partial charge in [0.05, 0.1) is 6.10 Å². The molecule has 18 heavy (non-hydrogen) atoms. The molecule has 0 aromatic heterocycles. The molecule has 0 aromatic carbocycles. The lowest BCUT2D eigenvalue weighted by Gasteiger charge is -2.37. The van der Waals surface area contributed by atoms with Gasteiger partial charge in [-0.15, -0.1) is 0 Å². The van der Waals surface area contributed by atoms with Crippen molar-refractivity contribution in [2.45, 2.75) is 64.0 Å². The van der Waals surface area contributed by atoms with E-state index in [2.05, 4.69) is 6.92 Å². The molecular weight excluding hydrogens is 228 g/mol. The van der Waals surface area contributed by atoms with Gasteiger partial charge in [0.2, 0.25) is 5.91 Å². The van der Waals surface area contributed by atoms with Gasteiger partial charge in [0.1, 0.15) is 0 Å². The molecule has 1 heterocycles. The minimum atomic E-state index is 0.310. The van der Waals surface area contributed by atoms with Crippen molar-refractivity contribution >= 4 is 5.91 Å². The van der Waals surface area contributed by atoms with Crippen LogP contribution in [-0.2, 0) is 9.53 Å². The quantitative estimate of drug-likeness (QED) is 0.708. The first-order valence-corrected chi connectivity index (χ1v) is 7.21.